The zero-order chi connectivity index (χ0) is 14.8. The van der Waals surface area contributed by atoms with Gasteiger partial charge in [-0.15, -0.1) is 0 Å². The molecule has 0 fully saturated rings. The number of nitrogens with zero attached hydrogens (tertiary/aromatic N) is 3. The maximum absolute atomic E-state index is 11.8. The number of aromatic nitrogens is 3. The van der Waals surface area contributed by atoms with Crippen LogP contribution in [0, 0.1) is 0 Å². The molecule has 6 heteroatoms. The second-order valence-corrected chi connectivity index (χ2v) is 4.41. The van der Waals surface area contributed by atoms with Crippen molar-refractivity contribution in [3.8, 4) is 5.69 Å². The van der Waals surface area contributed by atoms with Crippen molar-refractivity contribution in [2.24, 2.45) is 0 Å². The van der Waals surface area contributed by atoms with Crippen LogP contribution in [0.25, 0.3) is 16.9 Å². The maximum Gasteiger partial charge on any atom is 0.360 e. The van der Waals surface area contributed by atoms with Gasteiger partial charge in [-0.05, 0) is 25.1 Å². The highest BCUT2D eigenvalue weighted by Gasteiger charge is 2.17. The molecule has 0 unspecified atom stereocenters. The zero-order valence-corrected chi connectivity index (χ0v) is 11.5. The van der Waals surface area contributed by atoms with Gasteiger partial charge in [-0.25, -0.2) is 14.8 Å². The van der Waals surface area contributed by atoms with Gasteiger partial charge < -0.3 is 10.5 Å². The van der Waals surface area contributed by atoms with E-state index in [1.165, 1.54) is 0 Å². The molecule has 106 valence electrons. The van der Waals surface area contributed by atoms with Gasteiger partial charge in [0.25, 0.3) is 0 Å². The largest absolute Gasteiger partial charge is 0.461 e. The van der Waals surface area contributed by atoms with E-state index in [0.717, 1.165) is 5.69 Å². The molecule has 2 heterocycles. The highest BCUT2D eigenvalue weighted by Crippen LogP contribution is 2.20. The fraction of sp³-hybridized carbons (Fsp3) is 0.133. The summed E-state index contributed by atoms with van der Waals surface area (Å²) in [4.78, 5) is 20.3. The summed E-state index contributed by atoms with van der Waals surface area (Å²) in [6, 6.07) is 11.5. The van der Waals surface area contributed by atoms with E-state index in [4.69, 9.17) is 10.5 Å². The van der Waals surface area contributed by atoms with E-state index in [1.807, 2.05) is 41.1 Å². The fourth-order valence-corrected chi connectivity index (χ4v) is 2.10. The number of anilines is 1. The molecular weight excluding hydrogens is 268 g/mol. The molecule has 0 spiro atoms. The number of carbonyl (C=O) groups excluding carboxylic acids is 1. The minimum atomic E-state index is -0.558. The number of para-hydroxylation sites is 1. The van der Waals surface area contributed by atoms with Gasteiger partial charge in [0.15, 0.2) is 17.2 Å². The van der Waals surface area contributed by atoms with Crippen molar-refractivity contribution in [2.75, 3.05) is 12.3 Å². The number of ether oxygens (including phenoxy) is 1. The van der Waals surface area contributed by atoms with Crippen LogP contribution in [-0.2, 0) is 4.74 Å². The molecule has 6 nitrogen and oxygen atoms in total. The quantitative estimate of drug-likeness (QED) is 0.744. The molecule has 0 aliphatic carbocycles. The first-order chi connectivity index (χ1) is 10.2. The van der Waals surface area contributed by atoms with Crippen LogP contribution in [-0.4, -0.2) is 27.1 Å². The summed E-state index contributed by atoms with van der Waals surface area (Å²) in [5.41, 5.74) is 8.03. The Balaban J connectivity index is 2.13. The van der Waals surface area contributed by atoms with E-state index in [1.54, 1.807) is 13.0 Å². The molecule has 0 amide bonds. The van der Waals surface area contributed by atoms with Crippen LogP contribution >= 0.6 is 0 Å². The maximum atomic E-state index is 11.8. The lowest BCUT2D eigenvalue weighted by molar-refractivity contribution is 0.0521. The van der Waals surface area contributed by atoms with Gasteiger partial charge in [0, 0.05) is 11.9 Å². The number of hydrogen-bond donors (Lipinski definition) is 1. The van der Waals surface area contributed by atoms with Crippen molar-refractivity contribution in [1.29, 1.82) is 0 Å². The number of nitrogens with two attached hydrogens (primary N) is 1. The molecule has 0 atom stereocenters. The van der Waals surface area contributed by atoms with Crippen molar-refractivity contribution < 1.29 is 9.53 Å². The topological polar surface area (TPSA) is 83.0 Å². The Hall–Kier alpha value is -2.89. The van der Waals surface area contributed by atoms with E-state index >= 15 is 0 Å². The standard InChI is InChI=1S/C15H14N4O2/c1-2-21-15(20)12-13(16)18-14-11(17-12)8-9-19(14)10-6-4-3-5-7-10/h3-9H,2H2,1H3,(H2,16,18). The highest BCUT2D eigenvalue weighted by molar-refractivity contribution is 5.94. The first-order valence-electron chi connectivity index (χ1n) is 6.58. The van der Waals surface area contributed by atoms with Crippen LogP contribution in [0.5, 0.6) is 0 Å². The van der Waals surface area contributed by atoms with E-state index in [2.05, 4.69) is 9.97 Å². The summed E-state index contributed by atoms with van der Waals surface area (Å²) >= 11 is 0. The molecule has 0 saturated carbocycles. The van der Waals surface area contributed by atoms with Crippen molar-refractivity contribution in [2.45, 2.75) is 6.92 Å². The lowest BCUT2D eigenvalue weighted by atomic mass is 10.3. The molecule has 0 saturated heterocycles. The van der Waals surface area contributed by atoms with Crippen molar-refractivity contribution in [3.05, 3.63) is 48.3 Å². The fourth-order valence-electron chi connectivity index (χ4n) is 2.10. The Labute approximate surface area is 121 Å². The predicted octanol–water partition coefficient (Wildman–Crippen LogP) is 2.18. The van der Waals surface area contributed by atoms with Gasteiger partial charge in [0.1, 0.15) is 5.52 Å². The van der Waals surface area contributed by atoms with Crippen LogP contribution in [0.3, 0.4) is 0 Å². The smallest absolute Gasteiger partial charge is 0.360 e. The molecule has 0 radical (unpaired) electrons. The summed E-state index contributed by atoms with van der Waals surface area (Å²) in [7, 11) is 0. The van der Waals surface area contributed by atoms with E-state index in [0.29, 0.717) is 11.2 Å². The van der Waals surface area contributed by atoms with Crippen LogP contribution < -0.4 is 5.73 Å². The van der Waals surface area contributed by atoms with Gasteiger partial charge in [-0.3, -0.25) is 4.57 Å². The van der Waals surface area contributed by atoms with Gasteiger partial charge in [0.05, 0.1) is 6.61 Å². The molecule has 0 aliphatic rings. The first-order valence-corrected chi connectivity index (χ1v) is 6.58. The molecular formula is C15H14N4O2. The SMILES string of the molecule is CCOC(=O)c1nc2ccn(-c3ccccc3)c2nc1N. The number of esters is 1. The Bertz CT molecular complexity index is 796. The number of nitrogen functional groups attached to an aromatic ring is 1. The zero-order valence-electron chi connectivity index (χ0n) is 11.5. The van der Waals surface area contributed by atoms with Gasteiger partial charge in [-0.1, -0.05) is 18.2 Å². The summed E-state index contributed by atoms with van der Waals surface area (Å²) in [6.45, 7) is 1.99. The lowest BCUT2D eigenvalue weighted by Crippen LogP contribution is -2.12. The molecule has 3 rings (SSSR count). The normalized spacial score (nSPS) is 10.7. The summed E-state index contributed by atoms with van der Waals surface area (Å²) in [6.07, 6.45) is 1.84. The first kappa shape index (κ1) is 13.1. The van der Waals surface area contributed by atoms with Crippen molar-refractivity contribution >= 4 is 23.0 Å². The number of fused-ring (bicyclic) bond motifs is 1. The Morgan fingerprint density at radius 1 is 1.24 bits per heavy atom. The number of hydrogen-bond acceptors (Lipinski definition) is 5. The number of benzene rings is 1. The lowest BCUT2D eigenvalue weighted by Gasteiger charge is -2.07. The van der Waals surface area contributed by atoms with E-state index in [-0.39, 0.29) is 18.1 Å². The van der Waals surface area contributed by atoms with Gasteiger partial charge in [-0.2, -0.15) is 0 Å². The number of carbonyl (C=O) groups is 1. The van der Waals surface area contributed by atoms with E-state index in [9.17, 15) is 4.79 Å². The molecule has 21 heavy (non-hydrogen) atoms. The Kier molecular flexibility index (Phi) is 3.27. The molecule has 0 bridgehead atoms. The van der Waals surface area contributed by atoms with Crippen molar-refractivity contribution in [3.63, 3.8) is 0 Å². The van der Waals surface area contributed by atoms with Crippen molar-refractivity contribution in [1.82, 2.24) is 14.5 Å². The minimum absolute atomic E-state index is 0.0511. The third-order valence-corrected chi connectivity index (χ3v) is 3.04. The average molecular weight is 282 g/mol. The van der Waals surface area contributed by atoms with Crippen LogP contribution in [0.15, 0.2) is 42.6 Å². The second kappa shape index (κ2) is 5.24. The van der Waals surface area contributed by atoms with Crippen LogP contribution in [0.1, 0.15) is 17.4 Å². The summed E-state index contributed by atoms with van der Waals surface area (Å²) in [5.74, 6) is -0.492. The minimum Gasteiger partial charge on any atom is -0.461 e. The molecule has 2 N–H and O–H groups in total. The Morgan fingerprint density at radius 3 is 2.71 bits per heavy atom. The third kappa shape index (κ3) is 2.31. The Morgan fingerprint density at radius 2 is 2.00 bits per heavy atom. The molecule has 2 aromatic heterocycles. The van der Waals surface area contributed by atoms with Crippen LogP contribution in [0.2, 0.25) is 0 Å². The molecule has 1 aromatic carbocycles. The average Bonchev–Trinajstić information content (AvgIpc) is 2.90. The van der Waals surface area contributed by atoms with Gasteiger partial charge in [0.2, 0.25) is 0 Å². The highest BCUT2D eigenvalue weighted by atomic mass is 16.5. The second-order valence-electron chi connectivity index (χ2n) is 4.41. The third-order valence-electron chi connectivity index (χ3n) is 3.04. The van der Waals surface area contributed by atoms with Crippen LogP contribution in [0.4, 0.5) is 5.82 Å². The number of rotatable bonds is 3. The molecule has 3 aromatic rings. The monoisotopic (exact) mass is 282 g/mol. The predicted molar refractivity (Wildman–Crippen MR) is 79.2 cm³/mol. The van der Waals surface area contributed by atoms with Gasteiger partial charge >= 0.3 is 5.97 Å². The van der Waals surface area contributed by atoms with E-state index < -0.39 is 5.97 Å². The summed E-state index contributed by atoms with van der Waals surface area (Å²) in [5, 5.41) is 0. The summed E-state index contributed by atoms with van der Waals surface area (Å²) < 4.78 is 6.79. The molecule has 0 aliphatic heterocycles.